The Balaban J connectivity index is 1.19. The number of rotatable bonds is 36. The van der Waals surface area contributed by atoms with Crippen molar-refractivity contribution in [3.63, 3.8) is 0 Å². The number of fused-ring (bicyclic) bond motifs is 1. The van der Waals surface area contributed by atoms with Gasteiger partial charge in [0.05, 0.1) is 26.0 Å². The number of carboxylic acid groups (broad SMARTS) is 1. The van der Waals surface area contributed by atoms with Crippen LogP contribution < -0.4 is 70.4 Å². The fourth-order valence-electron chi connectivity index (χ4n) is 10.6. The lowest BCUT2D eigenvalue weighted by Gasteiger charge is -2.30. The number of guanidine groups is 1. The molecular formula is C60H82N18O16. The first kappa shape index (κ1) is 72.4. The van der Waals surface area contributed by atoms with E-state index in [2.05, 4.69) is 73.1 Å². The minimum absolute atomic E-state index is 0.00627. The number of phenols is 1. The van der Waals surface area contributed by atoms with Crippen LogP contribution in [-0.4, -0.2) is 205 Å². The molecule has 6 rings (SSSR count). The number of likely N-dealkylation sites (tertiary alicyclic amines) is 1. The number of imidazole rings is 1. The summed E-state index contributed by atoms with van der Waals surface area (Å²) in [6.45, 7) is 1.43. The number of phenolic OH excluding ortho intramolecular Hbond substituents is 1. The minimum Gasteiger partial charge on any atom is -0.508 e. The molecule has 94 heavy (non-hydrogen) atoms. The largest absolute Gasteiger partial charge is 0.508 e. The van der Waals surface area contributed by atoms with Crippen LogP contribution in [0.5, 0.6) is 5.75 Å². The number of hydrogen-bond acceptors (Lipinski definition) is 17. The molecule has 2 aliphatic rings. The van der Waals surface area contributed by atoms with Gasteiger partial charge < -0.3 is 101 Å². The maximum Gasteiger partial charge on any atom is 0.303 e. The smallest absolute Gasteiger partial charge is 0.303 e. The highest BCUT2D eigenvalue weighted by Crippen LogP contribution is 2.22. The van der Waals surface area contributed by atoms with Crippen LogP contribution in [0.3, 0.4) is 0 Å². The van der Waals surface area contributed by atoms with Crippen LogP contribution in [0.1, 0.15) is 88.5 Å². The SMILES string of the molecule is CC(C)C[C@H](NC(=O)CNC(=O)[C@H](Cc1ccc(O)cc1)NC(=O)[C@H](CO)NC(=O)[C@H](Cc1c[nH]c2ccccc12)NC(=O)[C@H](Cc1cnc[nH]1)NC(=O)[C@H](CCC(=O)O)NC(=O)[C@@H]1CCC(=O)N1)C(=O)N[C@@H](CCCN=C(N)N)C(=O)N1CCC[C@H]1C(=O)NCC(N)=O. The quantitative estimate of drug-likeness (QED) is 0.0115. The lowest BCUT2D eigenvalue weighted by molar-refractivity contribution is -0.142. The van der Waals surface area contributed by atoms with E-state index in [9.17, 15) is 77.6 Å². The molecule has 0 spiro atoms. The molecule has 21 N–H and O–H groups in total. The predicted molar refractivity (Wildman–Crippen MR) is 334 cm³/mol. The highest BCUT2D eigenvalue weighted by Gasteiger charge is 2.40. The number of aliphatic carboxylic acids is 1. The van der Waals surface area contributed by atoms with Crippen molar-refractivity contribution in [3.8, 4) is 5.75 Å². The zero-order valence-corrected chi connectivity index (χ0v) is 51.9. The van der Waals surface area contributed by atoms with Crippen molar-refractivity contribution in [1.82, 2.24) is 73.0 Å². The number of para-hydroxylation sites is 1. The first-order valence-electron chi connectivity index (χ1n) is 30.5. The summed E-state index contributed by atoms with van der Waals surface area (Å²) in [4.78, 5) is 190. The van der Waals surface area contributed by atoms with Crippen molar-refractivity contribution in [3.05, 3.63) is 84.1 Å². The van der Waals surface area contributed by atoms with E-state index in [0.717, 1.165) is 0 Å². The number of aromatic amines is 2. The average molecular weight is 1310 g/mol. The number of amides is 12. The van der Waals surface area contributed by atoms with Crippen LogP contribution in [0.2, 0.25) is 0 Å². The summed E-state index contributed by atoms with van der Waals surface area (Å²) >= 11 is 0. The van der Waals surface area contributed by atoms with Gasteiger partial charge in [-0.25, -0.2) is 4.98 Å². The van der Waals surface area contributed by atoms with Gasteiger partial charge in [-0.3, -0.25) is 67.3 Å². The van der Waals surface area contributed by atoms with Gasteiger partial charge in [0.1, 0.15) is 60.1 Å². The molecule has 2 fully saturated rings. The Morgan fingerprint density at radius 2 is 1.33 bits per heavy atom. The Morgan fingerprint density at radius 1 is 0.691 bits per heavy atom. The van der Waals surface area contributed by atoms with Crippen LogP contribution in [0.4, 0.5) is 0 Å². The second-order valence-electron chi connectivity index (χ2n) is 23.1. The Bertz CT molecular complexity index is 3390. The molecule has 4 aromatic rings. The van der Waals surface area contributed by atoms with Crippen molar-refractivity contribution < 1.29 is 77.6 Å². The van der Waals surface area contributed by atoms with E-state index >= 15 is 0 Å². The van der Waals surface area contributed by atoms with E-state index in [1.54, 1.807) is 44.3 Å². The summed E-state index contributed by atoms with van der Waals surface area (Å²) < 4.78 is 0. The fourth-order valence-corrected chi connectivity index (χ4v) is 10.6. The van der Waals surface area contributed by atoms with Crippen LogP contribution in [-0.2, 0) is 81.6 Å². The molecule has 0 unspecified atom stereocenters. The molecule has 0 aliphatic carbocycles. The van der Waals surface area contributed by atoms with Crippen LogP contribution >= 0.6 is 0 Å². The number of primary amides is 1. The normalized spacial score (nSPS) is 16.5. The molecule has 2 aliphatic heterocycles. The molecule has 0 bridgehead atoms. The van der Waals surface area contributed by atoms with E-state index in [1.807, 2.05) is 0 Å². The maximum absolute atomic E-state index is 14.6. The van der Waals surface area contributed by atoms with Crippen LogP contribution in [0, 0.1) is 5.92 Å². The second kappa shape index (κ2) is 35.2. The number of benzene rings is 2. The van der Waals surface area contributed by atoms with Gasteiger partial charge in [-0.1, -0.05) is 44.2 Å². The number of aromatic hydroxyl groups is 1. The number of carboxylic acids is 1. The molecule has 2 aromatic carbocycles. The Kier molecular flexibility index (Phi) is 27.1. The molecule has 9 atom stereocenters. The van der Waals surface area contributed by atoms with Crippen molar-refractivity contribution >= 4 is 93.7 Å². The van der Waals surface area contributed by atoms with Crippen molar-refractivity contribution in [1.29, 1.82) is 0 Å². The van der Waals surface area contributed by atoms with E-state index in [0.29, 0.717) is 34.1 Å². The molecule has 2 saturated heterocycles. The summed E-state index contributed by atoms with van der Waals surface area (Å²) in [5.41, 5.74) is 18.0. The van der Waals surface area contributed by atoms with Crippen molar-refractivity contribution in [2.24, 2.45) is 28.1 Å². The minimum atomic E-state index is -1.84. The van der Waals surface area contributed by atoms with Crippen molar-refractivity contribution in [2.45, 2.75) is 145 Å². The average Bonchev–Trinajstić information content (AvgIpc) is 1.62. The van der Waals surface area contributed by atoms with E-state index in [-0.39, 0.29) is 88.5 Å². The number of aliphatic hydroxyl groups excluding tert-OH is 1. The number of aromatic nitrogens is 3. The van der Waals surface area contributed by atoms with Gasteiger partial charge in [0.15, 0.2) is 5.96 Å². The molecule has 0 saturated carbocycles. The molecule has 508 valence electrons. The lowest BCUT2D eigenvalue weighted by Crippen LogP contribution is -2.61. The Hall–Kier alpha value is -10.7. The third-order valence-electron chi connectivity index (χ3n) is 15.4. The third-order valence-corrected chi connectivity index (χ3v) is 15.4. The first-order valence-corrected chi connectivity index (χ1v) is 30.5. The Labute approximate surface area is 538 Å². The van der Waals surface area contributed by atoms with Gasteiger partial charge in [-0.2, -0.15) is 0 Å². The van der Waals surface area contributed by atoms with E-state index in [4.69, 9.17) is 17.2 Å². The zero-order valence-electron chi connectivity index (χ0n) is 51.9. The topological polar surface area (TPSA) is 541 Å². The number of H-pyrrole nitrogens is 2. The highest BCUT2D eigenvalue weighted by atomic mass is 16.4. The predicted octanol–water partition coefficient (Wildman–Crippen LogP) is -5.04. The number of hydrogen-bond donors (Lipinski definition) is 18. The number of aliphatic imine (C=N–C) groups is 1. The van der Waals surface area contributed by atoms with Gasteiger partial charge >= 0.3 is 5.97 Å². The standard InChI is InChI=1S/C60H82N18O16/c1-31(2)21-41(54(89)73-40(9-5-19-65-60(62)63)59(94)78-20-6-10-46(78)58(93)67-27-47(61)81)71-49(83)28-68-51(86)42(22-32-11-13-35(80)14-12-32)74-57(92)45(29-79)77-55(90)43(23-33-25-66-37-8-4-3-7-36(33)37)75-56(91)44(24-34-26-64-30-69-34)76-53(88)39(16-18-50(84)85)72-52(87)38-15-17-48(82)70-38/h3-4,7-8,11-14,25-26,30-31,38-46,66,79-80H,5-6,9-10,15-24,27-29H2,1-2H3,(H2,61,81)(H,64,69)(H,67,93)(H,68,86)(H,70,82)(H,71,83)(H,72,87)(H,73,89)(H,74,92)(H,75,91)(H,76,88)(H,77,90)(H,84,85)(H4,62,63,65)/t38-,39-,40-,41-,42-,43-,44-,45-,46-/m0/s1. The monoisotopic (exact) mass is 1310 g/mol. The van der Waals surface area contributed by atoms with Crippen LogP contribution in [0.15, 0.2) is 72.2 Å². The number of carbonyl (C=O) groups is 13. The summed E-state index contributed by atoms with van der Waals surface area (Å²) in [7, 11) is 0. The molecule has 0 radical (unpaired) electrons. The molecule has 4 heterocycles. The first-order chi connectivity index (χ1) is 44.8. The summed E-state index contributed by atoms with van der Waals surface area (Å²) in [5.74, 6) is -11.9. The number of nitrogens with one attached hydrogen (secondary N) is 12. The fraction of sp³-hybridized carbons (Fsp3) is 0.483. The van der Waals surface area contributed by atoms with Gasteiger partial charge in [0.25, 0.3) is 0 Å². The summed E-state index contributed by atoms with van der Waals surface area (Å²) in [6, 6.07) is -0.150. The van der Waals surface area contributed by atoms with Gasteiger partial charge in [-0.05, 0) is 80.2 Å². The molecule has 34 nitrogen and oxygen atoms in total. The summed E-state index contributed by atoms with van der Waals surface area (Å²) in [5, 5.41) is 56.1. The number of aliphatic hydroxyl groups is 1. The number of nitrogens with two attached hydrogens (primary N) is 3. The summed E-state index contributed by atoms with van der Waals surface area (Å²) in [6.07, 6.45) is 3.41. The molecular weight excluding hydrogens is 1230 g/mol. The molecule has 2 aromatic heterocycles. The van der Waals surface area contributed by atoms with Crippen LogP contribution in [0.25, 0.3) is 10.9 Å². The van der Waals surface area contributed by atoms with E-state index < -0.39 is 164 Å². The zero-order chi connectivity index (χ0) is 68.6. The second-order valence-corrected chi connectivity index (χ2v) is 23.1. The number of nitrogens with zero attached hydrogens (tertiary/aromatic N) is 3. The highest BCUT2D eigenvalue weighted by molar-refractivity contribution is 6.00. The van der Waals surface area contributed by atoms with Gasteiger partial charge in [0, 0.05) is 74.2 Å². The van der Waals surface area contributed by atoms with Crippen molar-refractivity contribution in [2.75, 3.05) is 32.8 Å². The molecule has 12 amide bonds. The molecule has 34 heteroatoms. The van der Waals surface area contributed by atoms with Gasteiger partial charge in [0.2, 0.25) is 70.9 Å². The van der Waals surface area contributed by atoms with E-state index in [1.165, 1.54) is 41.7 Å². The number of carbonyl (C=O) groups excluding carboxylic acids is 12. The third kappa shape index (κ3) is 22.3. The maximum atomic E-state index is 14.6. The van der Waals surface area contributed by atoms with Gasteiger partial charge in [-0.15, -0.1) is 0 Å². The lowest BCUT2D eigenvalue weighted by atomic mass is 10.0. The Morgan fingerprint density at radius 3 is 1.96 bits per heavy atom.